The van der Waals surface area contributed by atoms with Crippen LogP contribution in [0.1, 0.15) is 12.1 Å². The lowest BCUT2D eigenvalue weighted by molar-refractivity contribution is -0.145. The summed E-state index contributed by atoms with van der Waals surface area (Å²) in [5, 5.41) is 0. The number of carbonyl (C=O) groups is 1. The Morgan fingerprint density at radius 1 is 1.18 bits per heavy atom. The van der Waals surface area contributed by atoms with Crippen LogP contribution in [-0.2, 0) is 22.7 Å². The van der Waals surface area contributed by atoms with E-state index in [-0.39, 0.29) is 25.1 Å². The van der Waals surface area contributed by atoms with Crippen molar-refractivity contribution in [3.05, 3.63) is 79.7 Å². The minimum Gasteiger partial charge on any atom is -0.459 e. The second-order valence-corrected chi connectivity index (χ2v) is 6.97. The molecule has 28 heavy (non-hydrogen) atoms. The molecule has 142 valence electrons. The Morgan fingerprint density at radius 3 is 2.86 bits per heavy atom. The molecule has 3 heterocycles. The first-order valence-electron chi connectivity index (χ1n) is 8.43. The maximum atomic E-state index is 12.2. The van der Waals surface area contributed by atoms with E-state index in [0.29, 0.717) is 22.4 Å². The van der Waals surface area contributed by atoms with Gasteiger partial charge < -0.3 is 9.15 Å². The standard InChI is InChI=1S/C19H14BrN3O5/c20-12-5-6-16-21-13(9-17(24)23(16)10-12)11-27-18(25)7-8-22-14-3-1-2-4-15(14)28-19(22)26/h1-6,9-10H,7-8,11H2. The summed E-state index contributed by atoms with van der Waals surface area (Å²) in [7, 11) is 0. The maximum Gasteiger partial charge on any atom is 0.419 e. The van der Waals surface area contributed by atoms with E-state index in [1.54, 1.807) is 42.6 Å². The van der Waals surface area contributed by atoms with E-state index in [1.807, 2.05) is 0 Å². The predicted molar refractivity (Wildman–Crippen MR) is 104 cm³/mol. The highest BCUT2D eigenvalue weighted by Crippen LogP contribution is 2.13. The largest absolute Gasteiger partial charge is 0.459 e. The van der Waals surface area contributed by atoms with Crippen molar-refractivity contribution in [1.29, 1.82) is 0 Å². The van der Waals surface area contributed by atoms with Gasteiger partial charge in [0, 0.05) is 23.3 Å². The molecule has 9 heteroatoms. The van der Waals surface area contributed by atoms with Crippen molar-refractivity contribution in [3.63, 3.8) is 0 Å². The number of aryl methyl sites for hydroxylation is 1. The molecular weight excluding hydrogens is 430 g/mol. The van der Waals surface area contributed by atoms with Gasteiger partial charge in [-0.2, -0.15) is 0 Å². The lowest BCUT2D eigenvalue weighted by Crippen LogP contribution is -2.19. The Kier molecular flexibility index (Phi) is 4.82. The third-order valence-corrected chi connectivity index (χ3v) is 4.64. The van der Waals surface area contributed by atoms with Crippen LogP contribution < -0.4 is 11.3 Å². The molecule has 0 saturated carbocycles. The van der Waals surface area contributed by atoms with Crippen molar-refractivity contribution in [1.82, 2.24) is 14.0 Å². The summed E-state index contributed by atoms with van der Waals surface area (Å²) in [6.07, 6.45) is 1.61. The van der Waals surface area contributed by atoms with Crippen LogP contribution in [0.2, 0.25) is 0 Å². The monoisotopic (exact) mass is 443 g/mol. The molecule has 0 fully saturated rings. The smallest absolute Gasteiger partial charge is 0.419 e. The third-order valence-electron chi connectivity index (χ3n) is 4.17. The molecule has 0 radical (unpaired) electrons. The van der Waals surface area contributed by atoms with E-state index in [9.17, 15) is 14.4 Å². The van der Waals surface area contributed by atoms with Gasteiger partial charge in [0.25, 0.3) is 5.56 Å². The zero-order valence-corrected chi connectivity index (χ0v) is 16.1. The number of esters is 1. The van der Waals surface area contributed by atoms with E-state index < -0.39 is 11.7 Å². The van der Waals surface area contributed by atoms with Gasteiger partial charge in [0.2, 0.25) is 0 Å². The normalized spacial score (nSPS) is 11.2. The average Bonchev–Trinajstić information content (AvgIpc) is 3.00. The van der Waals surface area contributed by atoms with Crippen molar-refractivity contribution in [2.75, 3.05) is 0 Å². The SMILES string of the molecule is O=C(CCn1c(=O)oc2ccccc21)OCc1cc(=O)n2cc(Br)ccc2n1. The lowest BCUT2D eigenvalue weighted by atomic mass is 10.3. The van der Waals surface area contributed by atoms with Gasteiger partial charge in [0.05, 0.1) is 17.6 Å². The zero-order chi connectivity index (χ0) is 19.7. The maximum absolute atomic E-state index is 12.2. The number of halogens is 1. The van der Waals surface area contributed by atoms with Crippen LogP contribution in [-0.4, -0.2) is 19.9 Å². The summed E-state index contributed by atoms with van der Waals surface area (Å²) in [6, 6.07) is 11.8. The van der Waals surface area contributed by atoms with Crippen LogP contribution in [0.3, 0.4) is 0 Å². The molecule has 0 aliphatic heterocycles. The number of oxazole rings is 1. The van der Waals surface area contributed by atoms with Crippen molar-refractivity contribution < 1.29 is 13.9 Å². The molecule has 0 bridgehead atoms. The van der Waals surface area contributed by atoms with E-state index in [2.05, 4.69) is 20.9 Å². The Balaban J connectivity index is 1.43. The summed E-state index contributed by atoms with van der Waals surface area (Å²) in [4.78, 5) is 40.4. The number of hydrogen-bond acceptors (Lipinski definition) is 6. The van der Waals surface area contributed by atoms with E-state index in [1.165, 1.54) is 15.0 Å². The second kappa shape index (κ2) is 7.43. The van der Waals surface area contributed by atoms with E-state index >= 15 is 0 Å². The number of benzene rings is 1. The van der Waals surface area contributed by atoms with Crippen LogP contribution in [0.5, 0.6) is 0 Å². The fraction of sp³-hybridized carbons (Fsp3) is 0.158. The van der Waals surface area contributed by atoms with Crippen LogP contribution >= 0.6 is 15.9 Å². The van der Waals surface area contributed by atoms with Crippen LogP contribution in [0.4, 0.5) is 0 Å². The number of rotatable bonds is 5. The highest BCUT2D eigenvalue weighted by molar-refractivity contribution is 9.10. The molecule has 4 aromatic rings. The molecule has 0 amide bonds. The highest BCUT2D eigenvalue weighted by Gasteiger charge is 2.12. The van der Waals surface area contributed by atoms with Gasteiger partial charge >= 0.3 is 11.7 Å². The van der Waals surface area contributed by atoms with Crippen LogP contribution in [0, 0.1) is 0 Å². The summed E-state index contributed by atoms with van der Waals surface area (Å²) < 4.78 is 13.9. The van der Waals surface area contributed by atoms with Crippen molar-refractivity contribution in [2.24, 2.45) is 0 Å². The molecule has 0 unspecified atom stereocenters. The molecular formula is C19H14BrN3O5. The van der Waals surface area contributed by atoms with Crippen molar-refractivity contribution >= 4 is 38.6 Å². The first-order chi connectivity index (χ1) is 13.5. The van der Waals surface area contributed by atoms with Gasteiger partial charge in [-0.1, -0.05) is 12.1 Å². The Morgan fingerprint density at radius 2 is 2.00 bits per heavy atom. The molecule has 0 aliphatic carbocycles. The lowest BCUT2D eigenvalue weighted by Gasteiger charge is -2.07. The molecule has 3 aromatic heterocycles. The van der Waals surface area contributed by atoms with E-state index in [4.69, 9.17) is 9.15 Å². The summed E-state index contributed by atoms with van der Waals surface area (Å²) in [5.41, 5.74) is 1.63. The summed E-state index contributed by atoms with van der Waals surface area (Å²) in [5.74, 6) is -1.03. The molecule has 4 rings (SSSR count). The van der Waals surface area contributed by atoms with Crippen LogP contribution in [0.15, 0.2) is 67.1 Å². The number of para-hydroxylation sites is 2. The fourth-order valence-electron chi connectivity index (χ4n) is 2.86. The molecule has 1 aromatic carbocycles. The Labute approximate surface area is 166 Å². The Bertz CT molecular complexity index is 1300. The minimum atomic E-state index is -0.524. The number of hydrogen-bond donors (Lipinski definition) is 0. The number of nitrogens with zero attached hydrogens (tertiary/aromatic N) is 3. The van der Waals surface area contributed by atoms with Gasteiger partial charge in [-0.05, 0) is 40.2 Å². The average molecular weight is 444 g/mol. The molecule has 0 aliphatic rings. The van der Waals surface area contributed by atoms with Gasteiger partial charge in [-0.15, -0.1) is 0 Å². The zero-order valence-electron chi connectivity index (χ0n) is 14.5. The first-order valence-corrected chi connectivity index (χ1v) is 9.22. The van der Waals surface area contributed by atoms with Crippen molar-refractivity contribution in [2.45, 2.75) is 19.6 Å². The Hall–Kier alpha value is -3.20. The number of aromatic nitrogens is 3. The minimum absolute atomic E-state index is 0.0110. The molecule has 0 atom stereocenters. The van der Waals surface area contributed by atoms with Gasteiger partial charge in [-0.25, -0.2) is 9.78 Å². The highest BCUT2D eigenvalue weighted by atomic mass is 79.9. The number of carbonyl (C=O) groups excluding carboxylic acids is 1. The number of pyridine rings is 1. The molecule has 0 N–H and O–H groups in total. The number of ether oxygens (including phenoxy) is 1. The summed E-state index contributed by atoms with van der Waals surface area (Å²) in [6.45, 7) is 0.0121. The topological polar surface area (TPSA) is 95.8 Å². The molecule has 0 spiro atoms. The van der Waals surface area contributed by atoms with Gasteiger partial charge in [-0.3, -0.25) is 18.6 Å². The third kappa shape index (κ3) is 3.61. The second-order valence-electron chi connectivity index (χ2n) is 6.06. The van der Waals surface area contributed by atoms with Gasteiger partial charge in [0.1, 0.15) is 12.3 Å². The fourth-order valence-corrected chi connectivity index (χ4v) is 3.19. The van der Waals surface area contributed by atoms with Crippen molar-refractivity contribution in [3.8, 4) is 0 Å². The summed E-state index contributed by atoms with van der Waals surface area (Å²) >= 11 is 3.30. The molecule has 0 saturated heterocycles. The predicted octanol–water partition coefficient (Wildman–Crippen LogP) is 2.50. The van der Waals surface area contributed by atoms with Gasteiger partial charge in [0.15, 0.2) is 5.58 Å². The number of fused-ring (bicyclic) bond motifs is 2. The van der Waals surface area contributed by atoms with E-state index in [0.717, 1.165) is 4.47 Å². The quantitative estimate of drug-likeness (QED) is 0.439. The molecule has 8 nitrogen and oxygen atoms in total. The first kappa shape index (κ1) is 18.2. The van der Waals surface area contributed by atoms with Crippen LogP contribution in [0.25, 0.3) is 16.7 Å².